The summed E-state index contributed by atoms with van der Waals surface area (Å²) in [6.45, 7) is 0. The molecule has 2 bridgehead atoms. The van der Waals surface area contributed by atoms with Gasteiger partial charge in [-0.25, -0.2) is 0 Å². The van der Waals surface area contributed by atoms with Crippen LogP contribution in [0.3, 0.4) is 0 Å². The highest BCUT2D eigenvalue weighted by Gasteiger charge is 2.37. The first kappa shape index (κ1) is 12.9. The molecule has 0 saturated carbocycles. The number of anilines is 1. The standard InChI is InChI=1S/C14H18Br2N2/c15-9-4-5-14(13(16)6-9)18-11-2-1-3-12(18)8-10(17)7-11/h4-6,10-12H,1-3,7-8,17H2. The van der Waals surface area contributed by atoms with Crippen molar-refractivity contribution in [2.45, 2.75) is 50.2 Å². The predicted octanol–water partition coefficient (Wildman–Crippen LogP) is 4.06. The van der Waals surface area contributed by atoms with Crippen LogP contribution in [-0.2, 0) is 0 Å². The fourth-order valence-corrected chi connectivity index (χ4v) is 4.76. The second kappa shape index (κ2) is 5.14. The zero-order valence-electron chi connectivity index (χ0n) is 10.3. The zero-order valence-corrected chi connectivity index (χ0v) is 13.5. The van der Waals surface area contributed by atoms with Gasteiger partial charge in [0.15, 0.2) is 0 Å². The Kier molecular flexibility index (Phi) is 3.70. The number of hydrogen-bond donors (Lipinski definition) is 1. The third-order valence-corrected chi connectivity index (χ3v) is 5.33. The predicted molar refractivity (Wildman–Crippen MR) is 83.0 cm³/mol. The molecule has 0 spiro atoms. The van der Waals surface area contributed by atoms with Gasteiger partial charge in [-0.15, -0.1) is 0 Å². The molecule has 2 nitrogen and oxygen atoms in total. The van der Waals surface area contributed by atoms with Crippen LogP contribution in [0.2, 0.25) is 0 Å². The van der Waals surface area contributed by atoms with Gasteiger partial charge >= 0.3 is 0 Å². The van der Waals surface area contributed by atoms with Crippen LogP contribution < -0.4 is 10.6 Å². The van der Waals surface area contributed by atoms with E-state index in [9.17, 15) is 0 Å². The Labute approximate surface area is 125 Å². The van der Waals surface area contributed by atoms with E-state index in [1.54, 1.807) is 0 Å². The van der Waals surface area contributed by atoms with Gasteiger partial charge in [0.1, 0.15) is 0 Å². The molecule has 3 rings (SSSR count). The summed E-state index contributed by atoms with van der Waals surface area (Å²) in [6.07, 6.45) is 6.20. The van der Waals surface area contributed by atoms with Crippen molar-refractivity contribution < 1.29 is 0 Å². The third-order valence-electron chi connectivity index (χ3n) is 4.20. The molecule has 2 N–H and O–H groups in total. The Hall–Kier alpha value is -0.0600. The van der Waals surface area contributed by atoms with Crippen LogP contribution in [-0.4, -0.2) is 18.1 Å². The fraction of sp³-hybridized carbons (Fsp3) is 0.571. The lowest BCUT2D eigenvalue weighted by Crippen LogP contribution is -2.55. The molecule has 2 fully saturated rings. The molecule has 0 radical (unpaired) electrons. The second-order valence-electron chi connectivity index (χ2n) is 5.47. The van der Waals surface area contributed by atoms with Crippen molar-refractivity contribution in [2.75, 3.05) is 4.90 Å². The number of nitrogens with two attached hydrogens (primary N) is 1. The maximum Gasteiger partial charge on any atom is 0.0516 e. The highest BCUT2D eigenvalue weighted by atomic mass is 79.9. The van der Waals surface area contributed by atoms with Gasteiger partial charge in [0.2, 0.25) is 0 Å². The molecule has 2 heterocycles. The Morgan fingerprint density at radius 2 is 1.78 bits per heavy atom. The first-order valence-corrected chi connectivity index (χ1v) is 8.22. The van der Waals surface area contributed by atoms with Crippen molar-refractivity contribution in [1.82, 2.24) is 0 Å². The minimum absolute atomic E-state index is 0.394. The number of piperidine rings is 2. The van der Waals surface area contributed by atoms with Gasteiger partial charge in [-0.05, 0) is 66.2 Å². The largest absolute Gasteiger partial charge is 0.365 e. The summed E-state index contributed by atoms with van der Waals surface area (Å²) >= 11 is 7.23. The molecular formula is C14H18Br2N2. The molecule has 1 aromatic carbocycles. The summed E-state index contributed by atoms with van der Waals surface area (Å²) in [4.78, 5) is 2.61. The molecule has 1 aromatic rings. The molecule has 2 unspecified atom stereocenters. The van der Waals surface area contributed by atoms with E-state index in [2.05, 4.69) is 55.0 Å². The first-order valence-electron chi connectivity index (χ1n) is 6.64. The summed E-state index contributed by atoms with van der Waals surface area (Å²) in [5.41, 5.74) is 7.51. The van der Waals surface area contributed by atoms with Crippen LogP contribution in [0.25, 0.3) is 0 Å². The lowest BCUT2D eigenvalue weighted by molar-refractivity contribution is 0.271. The van der Waals surface area contributed by atoms with Crippen molar-refractivity contribution >= 4 is 37.5 Å². The summed E-state index contributed by atoms with van der Waals surface area (Å²) in [7, 11) is 0. The lowest BCUT2D eigenvalue weighted by Gasteiger charge is -2.50. The van der Waals surface area contributed by atoms with E-state index in [-0.39, 0.29) is 0 Å². The van der Waals surface area contributed by atoms with Crippen LogP contribution in [0.4, 0.5) is 5.69 Å². The summed E-state index contributed by atoms with van der Waals surface area (Å²) in [5.74, 6) is 0. The fourth-order valence-electron chi connectivity index (χ4n) is 3.51. The molecule has 18 heavy (non-hydrogen) atoms. The van der Waals surface area contributed by atoms with Crippen LogP contribution >= 0.6 is 31.9 Å². The van der Waals surface area contributed by atoms with Gasteiger partial charge in [-0.1, -0.05) is 15.9 Å². The van der Waals surface area contributed by atoms with Gasteiger partial charge in [-0.2, -0.15) is 0 Å². The van der Waals surface area contributed by atoms with Crippen molar-refractivity contribution in [2.24, 2.45) is 5.73 Å². The molecule has 2 aliphatic heterocycles. The molecule has 4 heteroatoms. The minimum Gasteiger partial charge on any atom is -0.365 e. The number of halogens is 2. The topological polar surface area (TPSA) is 29.3 Å². The van der Waals surface area contributed by atoms with Crippen molar-refractivity contribution in [3.8, 4) is 0 Å². The monoisotopic (exact) mass is 372 g/mol. The van der Waals surface area contributed by atoms with E-state index < -0.39 is 0 Å². The molecule has 98 valence electrons. The number of nitrogens with zero attached hydrogens (tertiary/aromatic N) is 1. The molecule has 2 saturated heterocycles. The Bertz CT molecular complexity index is 435. The van der Waals surface area contributed by atoms with E-state index in [0.717, 1.165) is 17.3 Å². The van der Waals surface area contributed by atoms with E-state index in [1.165, 1.54) is 29.4 Å². The normalized spacial score (nSPS) is 31.5. The average molecular weight is 374 g/mol. The lowest BCUT2D eigenvalue weighted by atomic mass is 9.81. The minimum atomic E-state index is 0.394. The van der Waals surface area contributed by atoms with Crippen LogP contribution in [0.5, 0.6) is 0 Å². The number of benzene rings is 1. The van der Waals surface area contributed by atoms with E-state index in [4.69, 9.17) is 5.73 Å². The quantitative estimate of drug-likeness (QED) is 0.804. The van der Waals surface area contributed by atoms with Crippen LogP contribution in [0.1, 0.15) is 32.1 Å². The third kappa shape index (κ3) is 2.35. The average Bonchev–Trinajstić information content (AvgIpc) is 2.28. The zero-order chi connectivity index (χ0) is 12.7. The van der Waals surface area contributed by atoms with Crippen molar-refractivity contribution in [3.05, 3.63) is 27.1 Å². The number of hydrogen-bond acceptors (Lipinski definition) is 2. The number of fused-ring (bicyclic) bond motifs is 2. The molecule has 0 amide bonds. The first-order chi connectivity index (χ1) is 8.65. The highest BCUT2D eigenvalue weighted by Crippen LogP contribution is 2.40. The van der Waals surface area contributed by atoms with E-state index in [0.29, 0.717) is 18.1 Å². The van der Waals surface area contributed by atoms with Gasteiger partial charge < -0.3 is 10.6 Å². The Morgan fingerprint density at radius 1 is 1.11 bits per heavy atom. The van der Waals surface area contributed by atoms with Crippen LogP contribution in [0, 0.1) is 0 Å². The Balaban J connectivity index is 1.95. The molecule has 0 aliphatic carbocycles. The summed E-state index contributed by atoms with van der Waals surface area (Å²) < 4.78 is 2.31. The Morgan fingerprint density at radius 3 is 2.39 bits per heavy atom. The maximum atomic E-state index is 6.18. The van der Waals surface area contributed by atoms with E-state index >= 15 is 0 Å². The maximum absolute atomic E-state index is 6.18. The van der Waals surface area contributed by atoms with Gasteiger partial charge in [0.25, 0.3) is 0 Å². The second-order valence-corrected chi connectivity index (χ2v) is 7.24. The smallest absolute Gasteiger partial charge is 0.0516 e. The van der Waals surface area contributed by atoms with Crippen molar-refractivity contribution in [1.29, 1.82) is 0 Å². The SMILES string of the molecule is NC1CC2CCCC(C1)N2c1ccc(Br)cc1Br. The van der Waals surface area contributed by atoms with Gasteiger partial charge in [0.05, 0.1) is 5.69 Å². The van der Waals surface area contributed by atoms with Gasteiger partial charge in [-0.3, -0.25) is 0 Å². The summed E-state index contributed by atoms with van der Waals surface area (Å²) in [5, 5.41) is 0. The summed E-state index contributed by atoms with van der Waals surface area (Å²) in [6, 6.07) is 8.14. The molecular weight excluding hydrogens is 356 g/mol. The molecule has 2 atom stereocenters. The van der Waals surface area contributed by atoms with E-state index in [1.807, 2.05) is 0 Å². The highest BCUT2D eigenvalue weighted by molar-refractivity contribution is 9.11. The van der Waals surface area contributed by atoms with Gasteiger partial charge in [0, 0.05) is 27.1 Å². The number of rotatable bonds is 1. The van der Waals surface area contributed by atoms with Crippen molar-refractivity contribution in [3.63, 3.8) is 0 Å². The van der Waals surface area contributed by atoms with Crippen LogP contribution in [0.15, 0.2) is 27.1 Å². The molecule has 0 aromatic heterocycles. The molecule has 2 aliphatic rings.